The smallest absolute Gasteiger partial charge is 0.357 e. The number of hydrogen-bond acceptors (Lipinski definition) is 4. The molecule has 0 aliphatic heterocycles. The van der Waals surface area contributed by atoms with Crippen LogP contribution in [0.5, 0.6) is 0 Å². The molecule has 1 aromatic heterocycles. The van der Waals surface area contributed by atoms with E-state index in [9.17, 15) is 4.79 Å². The monoisotopic (exact) mass is 375 g/mol. The molecule has 0 unspecified atom stereocenters. The van der Waals surface area contributed by atoms with Gasteiger partial charge in [0.05, 0.1) is 6.61 Å². The lowest BCUT2D eigenvalue weighted by Crippen LogP contribution is -2.06. The molecule has 0 saturated carbocycles. The van der Waals surface area contributed by atoms with Crippen LogP contribution in [0, 0.1) is 0 Å². The number of hydrogen-bond donors (Lipinski definition) is 0. The minimum atomic E-state index is -0.312. The van der Waals surface area contributed by atoms with Crippen LogP contribution in [0.15, 0.2) is 9.30 Å². The summed E-state index contributed by atoms with van der Waals surface area (Å²) in [6.45, 7) is 2.75. The Morgan fingerprint density at radius 2 is 1.67 bits per heavy atom. The molecule has 0 N–H and O–H groups in total. The van der Waals surface area contributed by atoms with Crippen molar-refractivity contribution >= 4 is 33.2 Å². The molecule has 0 atom stereocenters. The number of nitrogens with zero attached hydrogens (tertiary/aromatic N) is 1. The fraction of sp³-hybridized carbons (Fsp3) is 0.750. The van der Waals surface area contributed by atoms with Crippen molar-refractivity contribution in [2.24, 2.45) is 0 Å². The molecule has 0 saturated heterocycles. The van der Waals surface area contributed by atoms with Gasteiger partial charge in [-0.25, -0.2) is 9.78 Å². The summed E-state index contributed by atoms with van der Waals surface area (Å²) in [6.07, 6.45) is 12.8. The first-order chi connectivity index (χ1) is 10.2. The van der Waals surface area contributed by atoms with E-state index in [4.69, 9.17) is 4.74 Å². The van der Waals surface area contributed by atoms with Crippen molar-refractivity contribution in [2.45, 2.75) is 71.1 Å². The average Bonchev–Trinajstić information content (AvgIpc) is 2.91. The van der Waals surface area contributed by atoms with Crippen LogP contribution in [-0.4, -0.2) is 17.6 Å². The molecule has 5 heteroatoms. The van der Waals surface area contributed by atoms with Crippen molar-refractivity contribution in [3.05, 3.63) is 15.0 Å². The zero-order valence-corrected chi connectivity index (χ0v) is 15.3. The summed E-state index contributed by atoms with van der Waals surface area (Å²) in [7, 11) is 0. The normalized spacial score (nSPS) is 10.8. The van der Waals surface area contributed by atoms with Crippen LogP contribution in [0.25, 0.3) is 0 Å². The number of unbranched alkanes of at least 4 members (excludes halogenated alkanes) is 9. The van der Waals surface area contributed by atoms with Gasteiger partial charge in [0.25, 0.3) is 0 Å². The summed E-state index contributed by atoms with van der Waals surface area (Å²) in [6, 6.07) is 0. The van der Waals surface area contributed by atoms with Crippen LogP contribution < -0.4 is 0 Å². The third kappa shape index (κ3) is 9.25. The van der Waals surface area contributed by atoms with Crippen LogP contribution in [0.3, 0.4) is 0 Å². The molecule has 0 bridgehead atoms. The summed E-state index contributed by atoms with van der Waals surface area (Å²) < 4.78 is 5.91. The first kappa shape index (κ1) is 18.6. The second kappa shape index (κ2) is 12.2. The van der Waals surface area contributed by atoms with E-state index >= 15 is 0 Å². The van der Waals surface area contributed by atoms with Crippen LogP contribution in [0.4, 0.5) is 0 Å². The van der Waals surface area contributed by atoms with Crippen molar-refractivity contribution in [1.29, 1.82) is 0 Å². The zero-order chi connectivity index (χ0) is 15.3. The molecular weight excluding hydrogens is 350 g/mol. The summed E-state index contributed by atoms with van der Waals surface area (Å²) >= 11 is 4.63. The van der Waals surface area contributed by atoms with Crippen molar-refractivity contribution in [1.82, 2.24) is 4.98 Å². The van der Waals surface area contributed by atoms with E-state index in [2.05, 4.69) is 27.8 Å². The molecule has 1 rings (SSSR count). The molecule has 0 fully saturated rings. The lowest BCUT2D eigenvalue weighted by Gasteiger charge is -2.03. The fourth-order valence-electron chi connectivity index (χ4n) is 2.17. The van der Waals surface area contributed by atoms with Crippen molar-refractivity contribution < 1.29 is 9.53 Å². The molecule has 1 heterocycles. The van der Waals surface area contributed by atoms with Gasteiger partial charge in [-0.3, -0.25) is 0 Å². The molecule has 0 aliphatic carbocycles. The Labute approximate surface area is 140 Å². The maximum atomic E-state index is 11.6. The fourth-order valence-corrected chi connectivity index (χ4v) is 3.15. The van der Waals surface area contributed by atoms with Gasteiger partial charge in [0, 0.05) is 5.38 Å². The molecule has 21 heavy (non-hydrogen) atoms. The topological polar surface area (TPSA) is 39.2 Å². The predicted molar refractivity (Wildman–Crippen MR) is 91.9 cm³/mol. The molecule has 120 valence electrons. The van der Waals surface area contributed by atoms with Crippen LogP contribution >= 0.6 is 27.3 Å². The van der Waals surface area contributed by atoms with Gasteiger partial charge in [0.15, 0.2) is 9.61 Å². The highest BCUT2D eigenvalue weighted by molar-refractivity contribution is 9.11. The summed E-state index contributed by atoms with van der Waals surface area (Å²) in [5.41, 5.74) is 0.402. The number of esters is 1. The van der Waals surface area contributed by atoms with E-state index in [0.717, 1.165) is 12.8 Å². The summed E-state index contributed by atoms with van der Waals surface area (Å²) in [4.78, 5) is 15.7. The molecular formula is C16H26BrNO2S. The van der Waals surface area contributed by atoms with E-state index in [1.165, 1.54) is 62.7 Å². The third-order valence-electron chi connectivity index (χ3n) is 3.42. The molecule has 0 radical (unpaired) electrons. The molecule has 0 amide bonds. The number of halogens is 1. The van der Waals surface area contributed by atoms with Crippen LogP contribution in [0.1, 0.15) is 81.6 Å². The van der Waals surface area contributed by atoms with Gasteiger partial charge in [-0.05, 0) is 22.4 Å². The highest BCUT2D eigenvalue weighted by atomic mass is 79.9. The molecule has 0 aliphatic rings. The number of carbonyl (C=O) groups is 1. The Kier molecular flexibility index (Phi) is 10.8. The largest absolute Gasteiger partial charge is 0.461 e. The first-order valence-corrected chi connectivity index (χ1v) is 9.69. The van der Waals surface area contributed by atoms with Crippen LogP contribution in [0.2, 0.25) is 0 Å². The van der Waals surface area contributed by atoms with Gasteiger partial charge in [-0.1, -0.05) is 64.7 Å². The second-order valence-electron chi connectivity index (χ2n) is 5.30. The Morgan fingerprint density at radius 1 is 1.10 bits per heavy atom. The predicted octanol–water partition coefficient (Wildman–Crippen LogP) is 5.98. The molecule has 0 aromatic carbocycles. The maximum absolute atomic E-state index is 11.6. The molecule has 1 aromatic rings. The van der Waals surface area contributed by atoms with E-state index in [-0.39, 0.29) is 5.97 Å². The molecule has 3 nitrogen and oxygen atoms in total. The molecule has 0 spiro atoms. The Hall–Kier alpha value is -0.420. The van der Waals surface area contributed by atoms with E-state index in [1.54, 1.807) is 5.38 Å². The van der Waals surface area contributed by atoms with Crippen LogP contribution in [-0.2, 0) is 4.74 Å². The maximum Gasteiger partial charge on any atom is 0.357 e. The first-order valence-electron chi connectivity index (χ1n) is 8.02. The standard InChI is InChI=1S/C16H26BrNO2S/c1-2-3-4-5-6-7-8-9-10-11-12-20-15(19)14-13-21-16(17)18-14/h13H,2-12H2,1H3. The van der Waals surface area contributed by atoms with Gasteiger partial charge in [0.2, 0.25) is 0 Å². The van der Waals surface area contributed by atoms with Gasteiger partial charge in [-0.15, -0.1) is 11.3 Å². The Balaban J connectivity index is 1.87. The lowest BCUT2D eigenvalue weighted by molar-refractivity contribution is 0.0491. The van der Waals surface area contributed by atoms with Gasteiger partial charge in [-0.2, -0.15) is 0 Å². The van der Waals surface area contributed by atoms with Crippen molar-refractivity contribution in [2.75, 3.05) is 6.61 Å². The lowest BCUT2D eigenvalue weighted by atomic mass is 10.1. The SMILES string of the molecule is CCCCCCCCCCCCOC(=O)c1csc(Br)n1. The Morgan fingerprint density at radius 3 is 2.19 bits per heavy atom. The highest BCUT2D eigenvalue weighted by Gasteiger charge is 2.10. The minimum Gasteiger partial charge on any atom is -0.461 e. The number of carbonyl (C=O) groups excluding carboxylic acids is 1. The highest BCUT2D eigenvalue weighted by Crippen LogP contribution is 2.16. The number of thiazole rings is 1. The Bertz CT molecular complexity index is 395. The van der Waals surface area contributed by atoms with E-state index in [1.807, 2.05) is 0 Å². The van der Waals surface area contributed by atoms with Gasteiger partial charge in [0.1, 0.15) is 0 Å². The number of ether oxygens (including phenoxy) is 1. The number of rotatable bonds is 12. The van der Waals surface area contributed by atoms with Gasteiger partial charge >= 0.3 is 5.97 Å². The summed E-state index contributed by atoms with van der Waals surface area (Å²) in [5.74, 6) is -0.312. The van der Waals surface area contributed by atoms with Gasteiger partial charge < -0.3 is 4.74 Å². The average molecular weight is 376 g/mol. The quantitative estimate of drug-likeness (QED) is 0.333. The summed E-state index contributed by atoms with van der Waals surface area (Å²) in [5, 5.41) is 1.71. The zero-order valence-electron chi connectivity index (χ0n) is 12.9. The van der Waals surface area contributed by atoms with E-state index in [0.29, 0.717) is 16.2 Å². The second-order valence-corrected chi connectivity index (χ2v) is 7.44. The number of aromatic nitrogens is 1. The minimum absolute atomic E-state index is 0.312. The van der Waals surface area contributed by atoms with E-state index < -0.39 is 0 Å². The van der Waals surface area contributed by atoms with Crippen molar-refractivity contribution in [3.63, 3.8) is 0 Å². The third-order valence-corrected chi connectivity index (χ3v) is 4.78. The van der Waals surface area contributed by atoms with Crippen molar-refractivity contribution in [3.8, 4) is 0 Å².